The zero-order valence-electron chi connectivity index (χ0n) is 19.6. The Balaban J connectivity index is 1.76. The summed E-state index contributed by atoms with van der Waals surface area (Å²) in [7, 11) is -7.78. The van der Waals surface area contributed by atoms with E-state index in [2.05, 4.69) is 5.32 Å². The average Bonchev–Trinajstić information content (AvgIpc) is 2.70. The number of carbonyl (C=O) groups is 1. The van der Waals surface area contributed by atoms with Crippen LogP contribution in [0.15, 0.2) is 52.3 Å². The van der Waals surface area contributed by atoms with Crippen LogP contribution in [0.3, 0.4) is 0 Å². The molecule has 0 saturated carbocycles. The normalized spacial score (nSPS) is 20.5. The van der Waals surface area contributed by atoms with Gasteiger partial charge in [-0.05, 0) is 57.0 Å². The van der Waals surface area contributed by atoms with E-state index in [0.717, 1.165) is 23.1 Å². The van der Waals surface area contributed by atoms with Crippen molar-refractivity contribution in [2.75, 3.05) is 31.2 Å². The number of benzene rings is 2. The standard InChI is InChI=1S/C23H31N3O5S2/c1-16-9-8-10-20(19(16)4)24-23(27)15-25-13-17(2)26(18(3)14-25)33(30,31)22-12-7-6-11-21(22)32(5,28)29/h6-12,17-18H,13-15H2,1-5H3,(H,24,27)/t17-,18+. The third-order valence-corrected chi connectivity index (χ3v) is 9.43. The Labute approximate surface area is 196 Å². The first-order valence-corrected chi connectivity index (χ1v) is 14.1. The summed E-state index contributed by atoms with van der Waals surface area (Å²) in [6.07, 6.45) is 1.00. The number of nitrogens with one attached hydrogen (secondary N) is 1. The molecule has 0 radical (unpaired) electrons. The minimum atomic E-state index is -4.06. The van der Waals surface area contributed by atoms with Crippen molar-refractivity contribution in [3.8, 4) is 0 Å². The van der Waals surface area contributed by atoms with E-state index < -0.39 is 31.9 Å². The topological polar surface area (TPSA) is 104 Å². The number of hydrogen-bond acceptors (Lipinski definition) is 6. The Bertz CT molecular complexity index is 1250. The highest BCUT2D eigenvalue weighted by molar-refractivity contribution is 7.93. The van der Waals surface area contributed by atoms with E-state index in [1.165, 1.54) is 28.6 Å². The third kappa shape index (κ3) is 5.46. The molecule has 0 spiro atoms. The van der Waals surface area contributed by atoms with Crippen LogP contribution in [0.5, 0.6) is 0 Å². The number of aryl methyl sites for hydroxylation is 1. The van der Waals surface area contributed by atoms with Crippen molar-refractivity contribution in [2.45, 2.75) is 49.6 Å². The van der Waals surface area contributed by atoms with Gasteiger partial charge in [0.15, 0.2) is 9.84 Å². The van der Waals surface area contributed by atoms with Gasteiger partial charge in [0.2, 0.25) is 15.9 Å². The highest BCUT2D eigenvalue weighted by atomic mass is 32.2. The van der Waals surface area contributed by atoms with E-state index in [1.54, 1.807) is 13.8 Å². The fraction of sp³-hybridized carbons (Fsp3) is 0.435. The van der Waals surface area contributed by atoms with Gasteiger partial charge < -0.3 is 5.32 Å². The van der Waals surface area contributed by atoms with Crippen LogP contribution in [-0.2, 0) is 24.7 Å². The van der Waals surface area contributed by atoms with Gasteiger partial charge in [-0.1, -0.05) is 24.3 Å². The van der Waals surface area contributed by atoms with Crippen LogP contribution in [0.25, 0.3) is 0 Å². The Hall–Kier alpha value is -2.27. The molecule has 1 aliphatic heterocycles. The Morgan fingerprint density at radius 2 is 1.52 bits per heavy atom. The third-order valence-electron chi connectivity index (χ3n) is 5.96. The molecule has 2 aromatic rings. The summed E-state index contributed by atoms with van der Waals surface area (Å²) in [6.45, 7) is 8.31. The summed E-state index contributed by atoms with van der Waals surface area (Å²) >= 11 is 0. The molecular weight excluding hydrogens is 462 g/mol. The number of nitrogens with zero attached hydrogens (tertiary/aromatic N) is 2. The van der Waals surface area contributed by atoms with Gasteiger partial charge in [-0.3, -0.25) is 9.69 Å². The number of sulfone groups is 1. The summed E-state index contributed by atoms with van der Waals surface area (Å²) in [6, 6.07) is 10.5. The minimum absolute atomic E-state index is 0.135. The second kappa shape index (κ2) is 9.54. The largest absolute Gasteiger partial charge is 0.325 e. The summed E-state index contributed by atoms with van der Waals surface area (Å²) in [5, 5.41) is 2.94. The van der Waals surface area contributed by atoms with Crippen LogP contribution in [0, 0.1) is 13.8 Å². The van der Waals surface area contributed by atoms with Crippen molar-refractivity contribution < 1.29 is 21.6 Å². The van der Waals surface area contributed by atoms with Gasteiger partial charge in [0.1, 0.15) is 4.90 Å². The lowest BCUT2D eigenvalue weighted by Gasteiger charge is -2.43. The maximum atomic E-state index is 13.5. The van der Waals surface area contributed by atoms with Crippen molar-refractivity contribution in [3.05, 3.63) is 53.6 Å². The molecule has 0 unspecified atom stereocenters. The Kier molecular flexibility index (Phi) is 7.33. The predicted octanol–water partition coefficient (Wildman–Crippen LogP) is 2.43. The summed E-state index contributed by atoms with van der Waals surface area (Å²) in [5.41, 5.74) is 2.86. The number of amides is 1. The monoisotopic (exact) mass is 493 g/mol. The van der Waals surface area contributed by atoms with Gasteiger partial charge in [0, 0.05) is 37.1 Å². The maximum Gasteiger partial charge on any atom is 0.244 e. The first kappa shape index (κ1) is 25.4. The Morgan fingerprint density at radius 1 is 0.939 bits per heavy atom. The number of anilines is 1. The maximum absolute atomic E-state index is 13.5. The van der Waals surface area contributed by atoms with Crippen molar-refractivity contribution >= 4 is 31.5 Å². The summed E-state index contributed by atoms with van der Waals surface area (Å²) < 4.78 is 52.7. The van der Waals surface area contributed by atoms with Crippen molar-refractivity contribution in [1.82, 2.24) is 9.21 Å². The number of sulfonamides is 1. The van der Waals surface area contributed by atoms with Gasteiger partial charge in [-0.15, -0.1) is 0 Å². The van der Waals surface area contributed by atoms with Gasteiger partial charge in [-0.25, -0.2) is 16.8 Å². The van der Waals surface area contributed by atoms with E-state index >= 15 is 0 Å². The quantitative estimate of drug-likeness (QED) is 0.663. The van der Waals surface area contributed by atoms with Crippen LogP contribution in [-0.4, -0.2) is 69.9 Å². The lowest BCUT2D eigenvalue weighted by atomic mass is 10.1. The molecule has 33 heavy (non-hydrogen) atoms. The van der Waals surface area contributed by atoms with Gasteiger partial charge in [0.25, 0.3) is 0 Å². The highest BCUT2D eigenvalue weighted by Crippen LogP contribution is 2.29. The molecule has 1 fully saturated rings. The number of carbonyl (C=O) groups excluding carboxylic acids is 1. The van der Waals surface area contributed by atoms with E-state index in [1.807, 2.05) is 36.9 Å². The van der Waals surface area contributed by atoms with E-state index in [4.69, 9.17) is 0 Å². The Morgan fingerprint density at radius 3 is 2.09 bits per heavy atom. The molecule has 1 aliphatic rings. The second-order valence-electron chi connectivity index (χ2n) is 8.74. The highest BCUT2D eigenvalue weighted by Gasteiger charge is 2.40. The second-order valence-corrected chi connectivity index (χ2v) is 12.5. The van der Waals surface area contributed by atoms with E-state index in [0.29, 0.717) is 13.1 Å². The molecule has 1 amide bonds. The van der Waals surface area contributed by atoms with Crippen LogP contribution in [0.4, 0.5) is 5.69 Å². The molecule has 2 aromatic carbocycles. The molecular formula is C23H31N3O5S2. The first-order chi connectivity index (χ1) is 15.3. The minimum Gasteiger partial charge on any atom is -0.325 e. The molecule has 2 atom stereocenters. The molecule has 1 heterocycles. The fourth-order valence-electron chi connectivity index (χ4n) is 4.38. The number of piperazine rings is 1. The van der Waals surface area contributed by atoms with Gasteiger partial charge >= 0.3 is 0 Å². The van der Waals surface area contributed by atoms with Crippen LogP contribution >= 0.6 is 0 Å². The lowest BCUT2D eigenvalue weighted by Crippen LogP contribution is -2.59. The first-order valence-electron chi connectivity index (χ1n) is 10.7. The zero-order valence-corrected chi connectivity index (χ0v) is 21.2. The number of hydrogen-bond donors (Lipinski definition) is 1. The average molecular weight is 494 g/mol. The summed E-state index contributed by atoms with van der Waals surface area (Å²) in [4.78, 5) is 14.2. The summed E-state index contributed by atoms with van der Waals surface area (Å²) in [5.74, 6) is -0.165. The molecule has 0 bridgehead atoms. The molecule has 8 nitrogen and oxygen atoms in total. The number of rotatable bonds is 6. The molecule has 0 aromatic heterocycles. The molecule has 1 saturated heterocycles. The van der Waals surface area contributed by atoms with E-state index in [9.17, 15) is 21.6 Å². The van der Waals surface area contributed by atoms with Crippen molar-refractivity contribution in [2.24, 2.45) is 0 Å². The van der Waals surface area contributed by atoms with Crippen LogP contribution in [0.2, 0.25) is 0 Å². The SMILES string of the molecule is Cc1cccc(NC(=O)CN2C[C@@H](C)N(S(=O)(=O)c3ccccc3S(C)(=O)=O)[C@@H](C)C2)c1C. The molecule has 10 heteroatoms. The van der Waals surface area contributed by atoms with E-state index in [-0.39, 0.29) is 22.2 Å². The van der Waals surface area contributed by atoms with Gasteiger partial charge in [0.05, 0.1) is 11.4 Å². The van der Waals surface area contributed by atoms with Crippen LogP contribution in [0.1, 0.15) is 25.0 Å². The predicted molar refractivity (Wildman–Crippen MR) is 128 cm³/mol. The molecule has 1 N–H and O–H groups in total. The fourth-order valence-corrected chi connectivity index (χ4v) is 7.79. The van der Waals surface area contributed by atoms with Gasteiger partial charge in [-0.2, -0.15) is 4.31 Å². The zero-order chi connectivity index (χ0) is 24.6. The molecule has 0 aliphatic carbocycles. The van der Waals surface area contributed by atoms with Crippen molar-refractivity contribution in [3.63, 3.8) is 0 Å². The molecule has 3 rings (SSSR count). The smallest absolute Gasteiger partial charge is 0.244 e. The van der Waals surface area contributed by atoms with Crippen molar-refractivity contribution in [1.29, 1.82) is 0 Å². The molecule has 180 valence electrons. The van der Waals surface area contributed by atoms with Crippen LogP contribution < -0.4 is 5.32 Å². The lowest BCUT2D eigenvalue weighted by molar-refractivity contribution is -0.118.